The third-order valence-corrected chi connectivity index (χ3v) is 3.03. The van der Waals surface area contributed by atoms with Crippen LogP contribution in [0.2, 0.25) is 0 Å². The fraction of sp³-hybridized carbons (Fsp3) is 0.500. The minimum absolute atomic E-state index is 0.0530. The zero-order valence-electron chi connectivity index (χ0n) is 10.6. The highest BCUT2D eigenvalue weighted by Crippen LogP contribution is 2.07. The maximum absolute atomic E-state index is 12.1. The lowest BCUT2D eigenvalue weighted by molar-refractivity contribution is -0.130. The molecule has 0 saturated carbocycles. The van der Waals surface area contributed by atoms with E-state index in [0.717, 1.165) is 5.69 Å². The molecule has 2 amide bonds. The third kappa shape index (κ3) is 2.64. The molecule has 0 aromatic carbocycles. The number of hydrogen-bond acceptors (Lipinski definition) is 4. The molecule has 1 aromatic heterocycles. The van der Waals surface area contributed by atoms with Gasteiger partial charge in [0.25, 0.3) is 5.91 Å². The van der Waals surface area contributed by atoms with Crippen molar-refractivity contribution in [1.82, 2.24) is 20.0 Å². The maximum Gasteiger partial charge on any atom is 0.274 e. The maximum atomic E-state index is 12.1. The van der Waals surface area contributed by atoms with Crippen molar-refractivity contribution < 1.29 is 9.59 Å². The molecule has 0 radical (unpaired) electrons. The Morgan fingerprint density at radius 3 is 2.17 bits per heavy atom. The normalized spacial score (nSPS) is 15.7. The van der Waals surface area contributed by atoms with Gasteiger partial charge in [0.15, 0.2) is 5.69 Å². The molecule has 18 heavy (non-hydrogen) atoms. The van der Waals surface area contributed by atoms with Gasteiger partial charge in [0.05, 0.1) is 5.69 Å². The number of hydrogen-bond donors (Lipinski definition) is 0. The molecule has 0 N–H and O–H groups in total. The zero-order valence-corrected chi connectivity index (χ0v) is 10.6. The lowest BCUT2D eigenvalue weighted by atomic mass is 10.2. The molecule has 0 bridgehead atoms. The van der Waals surface area contributed by atoms with E-state index in [1.54, 1.807) is 28.9 Å². The summed E-state index contributed by atoms with van der Waals surface area (Å²) in [6.07, 6.45) is 0. The molecule has 1 aliphatic heterocycles. The minimum Gasteiger partial charge on any atom is -0.339 e. The van der Waals surface area contributed by atoms with Crippen molar-refractivity contribution in [2.45, 2.75) is 13.8 Å². The first kappa shape index (κ1) is 12.5. The summed E-state index contributed by atoms with van der Waals surface area (Å²) in [4.78, 5) is 26.7. The molecule has 0 spiro atoms. The van der Waals surface area contributed by atoms with Crippen molar-refractivity contribution in [3.63, 3.8) is 0 Å². The summed E-state index contributed by atoms with van der Waals surface area (Å²) in [5.74, 6) is -0.0667. The van der Waals surface area contributed by atoms with E-state index in [9.17, 15) is 9.59 Å². The van der Waals surface area contributed by atoms with Crippen molar-refractivity contribution >= 4 is 11.8 Å². The van der Waals surface area contributed by atoms with E-state index in [1.807, 2.05) is 6.92 Å². The average Bonchev–Trinajstić information content (AvgIpc) is 2.39. The molecule has 0 aliphatic carbocycles. The summed E-state index contributed by atoms with van der Waals surface area (Å²) in [6, 6.07) is 3.45. The van der Waals surface area contributed by atoms with E-state index in [2.05, 4.69) is 10.2 Å². The first-order valence-corrected chi connectivity index (χ1v) is 5.93. The van der Waals surface area contributed by atoms with Crippen LogP contribution in [0, 0.1) is 6.92 Å². The van der Waals surface area contributed by atoms with E-state index in [1.165, 1.54) is 0 Å². The first-order chi connectivity index (χ1) is 8.58. The highest BCUT2D eigenvalue weighted by atomic mass is 16.2. The average molecular weight is 248 g/mol. The molecular formula is C12H16N4O2. The van der Waals surface area contributed by atoms with E-state index in [4.69, 9.17) is 0 Å². The number of amides is 2. The molecule has 2 heterocycles. The number of carbonyl (C=O) groups excluding carboxylic acids is 2. The topological polar surface area (TPSA) is 66.4 Å². The number of carbonyl (C=O) groups is 2. The van der Waals surface area contributed by atoms with Crippen LogP contribution in [-0.4, -0.2) is 58.0 Å². The highest BCUT2D eigenvalue weighted by molar-refractivity contribution is 5.92. The Balaban J connectivity index is 1.99. The SMILES string of the molecule is CC(=O)N1CCN(C(=O)c2ccc(C)nn2)CC1. The summed E-state index contributed by atoms with van der Waals surface area (Å²) in [6.45, 7) is 5.64. The van der Waals surface area contributed by atoms with E-state index >= 15 is 0 Å². The van der Waals surface area contributed by atoms with E-state index in [0.29, 0.717) is 31.9 Å². The summed E-state index contributed by atoms with van der Waals surface area (Å²) in [7, 11) is 0. The molecule has 1 aliphatic rings. The summed E-state index contributed by atoms with van der Waals surface area (Å²) in [5, 5.41) is 7.76. The quantitative estimate of drug-likeness (QED) is 0.706. The van der Waals surface area contributed by atoms with Crippen LogP contribution in [0.15, 0.2) is 12.1 Å². The molecule has 96 valence electrons. The minimum atomic E-state index is -0.120. The number of aromatic nitrogens is 2. The molecule has 0 atom stereocenters. The predicted molar refractivity (Wildman–Crippen MR) is 64.9 cm³/mol. The van der Waals surface area contributed by atoms with Crippen LogP contribution in [0.1, 0.15) is 23.1 Å². The standard InChI is InChI=1S/C12H16N4O2/c1-9-3-4-11(14-13-9)12(18)16-7-5-15(6-8-16)10(2)17/h3-4H,5-8H2,1-2H3. The van der Waals surface area contributed by atoms with E-state index < -0.39 is 0 Å². The van der Waals surface area contributed by atoms with Gasteiger partial charge in [-0.3, -0.25) is 9.59 Å². The van der Waals surface area contributed by atoms with Crippen LogP contribution in [-0.2, 0) is 4.79 Å². The van der Waals surface area contributed by atoms with Gasteiger partial charge in [-0.15, -0.1) is 5.10 Å². The van der Waals surface area contributed by atoms with Gasteiger partial charge in [-0.2, -0.15) is 5.10 Å². The van der Waals surface area contributed by atoms with Crippen LogP contribution >= 0.6 is 0 Å². The largest absolute Gasteiger partial charge is 0.339 e. The van der Waals surface area contributed by atoms with Gasteiger partial charge in [-0.1, -0.05) is 0 Å². The first-order valence-electron chi connectivity index (χ1n) is 5.93. The number of piperazine rings is 1. The second kappa shape index (κ2) is 5.12. The van der Waals surface area contributed by atoms with Crippen molar-refractivity contribution in [1.29, 1.82) is 0 Å². The fourth-order valence-corrected chi connectivity index (χ4v) is 1.90. The monoisotopic (exact) mass is 248 g/mol. The Kier molecular flexibility index (Phi) is 3.55. The highest BCUT2D eigenvalue weighted by Gasteiger charge is 2.23. The van der Waals surface area contributed by atoms with Crippen LogP contribution < -0.4 is 0 Å². The lowest BCUT2D eigenvalue weighted by Crippen LogP contribution is -2.50. The van der Waals surface area contributed by atoms with Gasteiger partial charge in [-0.25, -0.2) is 0 Å². The Morgan fingerprint density at radius 1 is 1.06 bits per heavy atom. The van der Waals surface area contributed by atoms with Crippen molar-refractivity contribution in [2.75, 3.05) is 26.2 Å². The predicted octanol–water partition coefficient (Wildman–Crippen LogP) is 0.0893. The Labute approximate surface area is 106 Å². The third-order valence-electron chi connectivity index (χ3n) is 3.03. The summed E-state index contributed by atoms with van der Waals surface area (Å²) < 4.78 is 0. The summed E-state index contributed by atoms with van der Waals surface area (Å²) >= 11 is 0. The number of aryl methyl sites for hydroxylation is 1. The smallest absolute Gasteiger partial charge is 0.274 e. The van der Waals surface area contributed by atoms with Crippen LogP contribution in [0.4, 0.5) is 0 Å². The zero-order chi connectivity index (χ0) is 13.1. The van der Waals surface area contributed by atoms with Crippen molar-refractivity contribution in [3.05, 3.63) is 23.5 Å². The Morgan fingerprint density at radius 2 is 1.67 bits per heavy atom. The number of nitrogens with zero attached hydrogens (tertiary/aromatic N) is 4. The number of rotatable bonds is 1. The molecular weight excluding hydrogens is 232 g/mol. The van der Waals surface area contributed by atoms with Gasteiger partial charge >= 0.3 is 0 Å². The second-order valence-electron chi connectivity index (χ2n) is 4.36. The van der Waals surface area contributed by atoms with Crippen LogP contribution in [0.25, 0.3) is 0 Å². The molecule has 2 rings (SSSR count). The molecule has 6 nitrogen and oxygen atoms in total. The van der Waals surface area contributed by atoms with Gasteiger partial charge in [0.2, 0.25) is 5.91 Å². The van der Waals surface area contributed by atoms with Gasteiger partial charge in [-0.05, 0) is 19.1 Å². The molecule has 1 fully saturated rings. The molecule has 0 unspecified atom stereocenters. The Hall–Kier alpha value is -1.98. The van der Waals surface area contributed by atoms with Gasteiger partial charge < -0.3 is 9.80 Å². The van der Waals surface area contributed by atoms with Gasteiger partial charge in [0.1, 0.15) is 0 Å². The molecule has 1 aromatic rings. The van der Waals surface area contributed by atoms with Gasteiger partial charge in [0, 0.05) is 33.1 Å². The molecule has 1 saturated heterocycles. The Bertz CT molecular complexity index is 450. The van der Waals surface area contributed by atoms with Crippen molar-refractivity contribution in [3.8, 4) is 0 Å². The fourth-order valence-electron chi connectivity index (χ4n) is 1.90. The van der Waals surface area contributed by atoms with Crippen LogP contribution in [0.3, 0.4) is 0 Å². The summed E-state index contributed by atoms with van der Waals surface area (Å²) in [5.41, 5.74) is 1.14. The van der Waals surface area contributed by atoms with E-state index in [-0.39, 0.29) is 11.8 Å². The lowest BCUT2D eigenvalue weighted by Gasteiger charge is -2.33. The van der Waals surface area contributed by atoms with Crippen LogP contribution in [0.5, 0.6) is 0 Å². The second-order valence-corrected chi connectivity index (χ2v) is 4.36. The van der Waals surface area contributed by atoms with Crippen molar-refractivity contribution in [2.24, 2.45) is 0 Å². The molecule has 6 heteroatoms.